The van der Waals surface area contributed by atoms with Crippen LogP contribution in [0.3, 0.4) is 0 Å². The Balaban J connectivity index is 2.06. The van der Waals surface area contributed by atoms with E-state index in [0.29, 0.717) is 24.8 Å². The molecule has 1 amide bonds. The Labute approximate surface area is 136 Å². The number of hydrogen-bond donors (Lipinski definition) is 0. The molecule has 22 heavy (non-hydrogen) atoms. The van der Waals surface area contributed by atoms with Crippen LogP contribution in [-0.4, -0.2) is 52.2 Å². The number of rotatable bonds is 2. The van der Waals surface area contributed by atoms with Crippen LogP contribution in [0.25, 0.3) is 0 Å². The van der Waals surface area contributed by atoms with Gasteiger partial charge in [0.05, 0.1) is 18.4 Å². The first-order valence-electron chi connectivity index (χ1n) is 7.52. The van der Waals surface area contributed by atoms with Gasteiger partial charge in [-0.05, 0) is 27.2 Å². The number of carbonyl (C=O) groups is 1. The molecule has 0 unspecified atom stereocenters. The fourth-order valence-electron chi connectivity index (χ4n) is 2.46. The van der Waals surface area contributed by atoms with E-state index in [1.165, 1.54) is 6.20 Å². The minimum absolute atomic E-state index is 0.0874. The summed E-state index contributed by atoms with van der Waals surface area (Å²) in [7, 11) is 0. The van der Waals surface area contributed by atoms with Crippen molar-refractivity contribution in [2.75, 3.05) is 24.5 Å². The van der Waals surface area contributed by atoms with Crippen molar-refractivity contribution in [1.82, 2.24) is 14.9 Å². The highest BCUT2D eigenvalue weighted by atomic mass is 35.5. The number of anilines is 1. The zero-order valence-electron chi connectivity index (χ0n) is 13.5. The van der Waals surface area contributed by atoms with Crippen molar-refractivity contribution < 1.29 is 9.53 Å². The normalized spacial score (nSPS) is 19.2. The molecule has 0 N–H and O–H groups in total. The van der Waals surface area contributed by atoms with Crippen molar-refractivity contribution in [2.45, 2.75) is 45.8 Å². The zero-order valence-corrected chi connectivity index (χ0v) is 14.3. The van der Waals surface area contributed by atoms with Gasteiger partial charge in [-0.2, -0.15) is 0 Å². The molecule has 0 bridgehead atoms. The summed E-state index contributed by atoms with van der Waals surface area (Å²) >= 11 is 5.90. The maximum atomic E-state index is 12.3. The third kappa shape index (κ3) is 4.22. The highest BCUT2D eigenvalue weighted by Gasteiger charge is 2.32. The molecule has 1 fully saturated rings. The van der Waals surface area contributed by atoms with E-state index in [0.717, 1.165) is 12.2 Å². The summed E-state index contributed by atoms with van der Waals surface area (Å²) in [5.74, 6) is 0.745. The monoisotopic (exact) mass is 326 g/mol. The third-order valence-electron chi connectivity index (χ3n) is 3.50. The van der Waals surface area contributed by atoms with Crippen molar-refractivity contribution in [2.24, 2.45) is 0 Å². The predicted octanol–water partition coefficient (Wildman–Crippen LogP) is 2.97. The van der Waals surface area contributed by atoms with E-state index in [-0.39, 0.29) is 12.1 Å². The highest BCUT2D eigenvalue weighted by molar-refractivity contribution is 6.29. The first-order valence-corrected chi connectivity index (χ1v) is 7.90. The number of carbonyl (C=O) groups excluding carboxylic acids is 1. The summed E-state index contributed by atoms with van der Waals surface area (Å²) in [4.78, 5) is 24.6. The number of halogens is 1. The lowest BCUT2D eigenvalue weighted by Gasteiger charge is -2.41. The molecule has 2 heterocycles. The van der Waals surface area contributed by atoms with Crippen LogP contribution in [0.2, 0.25) is 5.15 Å². The van der Waals surface area contributed by atoms with E-state index in [4.69, 9.17) is 16.3 Å². The minimum atomic E-state index is -0.481. The molecule has 6 nitrogen and oxygen atoms in total. The molecule has 1 aliphatic heterocycles. The van der Waals surface area contributed by atoms with Gasteiger partial charge in [-0.3, -0.25) is 4.98 Å². The van der Waals surface area contributed by atoms with E-state index in [2.05, 4.69) is 21.8 Å². The fraction of sp³-hybridized carbons (Fsp3) is 0.667. The third-order valence-corrected chi connectivity index (χ3v) is 3.68. The quantitative estimate of drug-likeness (QED) is 0.836. The molecule has 1 aromatic heterocycles. The molecule has 0 aliphatic carbocycles. The van der Waals surface area contributed by atoms with Gasteiger partial charge in [-0.15, -0.1) is 0 Å². The first-order chi connectivity index (χ1) is 10.3. The Morgan fingerprint density at radius 2 is 2.14 bits per heavy atom. The Kier molecular flexibility index (Phi) is 5.11. The minimum Gasteiger partial charge on any atom is -0.444 e. The molecule has 1 aromatic rings. The van der Waals surface area contributed by atoms with Crippen LogP contribution in [-0.2, 0) is 4.74 Å². The maximum Gasteiger partial charge on any atom is 0.410 e. The van der Waals surface area contributed by atoms with E-state index in [9.17, 15) is 4.79 Å². The molecule has 0 saturated carbocycles. The van der Waals surface area contributed by atoms with Gasteiger partial charge >= 0.3 is 6.09 Å². The van der Waals surface area contributed by atoms with Crippen LogP contribution in [0.5, 0.6) is 0 Å². The van der Waals surface area contributed by atoms with Crippen LogP contribution < -0.4 is 4.90 Å². The van der Waals surface area contributed by atoms with Crippen molar-refractivity contribution in [3.8, 4) is 0 Å². The average Bonchev–Trinajstić information content (AvgIpc) is 2.44. The second kappa shape index (κ2) is 6.69. The average molecular weight is 327 g/mol. The molecule has 1 saturated heterocycles. The SMILES string of the molecule is CC[C@H]1CN(c2cncc(Cl)n2)CCN1C(=O)OC(C)(C)C. The standard InChI is InChI=1S/C15H23ClN4O2/c1-5-11-10-19(13-9-17-8-12(16)18-13)6-7-20(11)14(21)22-15(2,3)4/h8-9,11H,5-7,10H2,1-4H3/t11-/m0/s1. The maximum absolute atomic E-state index is 12.3. The molecule has 122 valence electrons. The second-order valence-electron chi connectivity index (χ2n) is 6.38. The number of ether oxygens (including phenoxy) is 1. The van der Waals surface area contributed by atoms with E-state index >= 15 is 0 Å². The summed E-state index contributed by atoms with van der Waals surface area (Å²) in [5, 5.41) is 0.375. The summed E-state index contributed by atoms with van der Waals surface area (Å²) < 4.78 is 5.49. The van der Waals surface area contributed by atoms with Gasteiger partial charge in [0.15, 0.2) is 0 Å². The Hall–Kier alpha value is -1.56. The Bertz CT molecular complexity index is 533. The predicted molar refractivity (Wildman–Crippen MR) is 86.3 cm³/mol. The van der Waals surface area contributed by atoms with Crippen LogP contribution in [0.4, 0.5) is 10.6 Å². The van der Waals surface area contributed by atoms with Gasteiger partial charge in [0.2, 0.25) is 0 Å². The lowest BCUT2D eigenvalue weighted by molar-refractivity contribution is 0.0136. The summed E-state index contributed by atoms with van der Waals surface area (Å²) in [6, 6.07) is 0.0874. The van der Waals surface area contributed by atoms with Crippen molar-refractivity contribution in [1.29, 1.82) is 0 Å². The molecule has 1 aliphatic rings. The number of hydrogen-bond acceptors (Lipinski definition) is 5. The van der Waals surface area contributed by atoms with Gasteiger partial charge in [-0.25, -0.2) is 9.78 Å². The molecule has 0 spiro atoms. The van der Waals surface area contributed by atoms with Gasteiger partial charge in [0.1, 0.15) is 16.6 Å². The van der Waals surface area contributed by atoms with E-state index < -0.39 is 5.60 Å². The van der Waals surface area contributed by atoms with Crippen LogP contribution in [0.15, 0.2) is 12.4 Å². The lowest BCUT2D eigenvalue weighted by Crippen LogP contribution is -2.56. The number of nitrogens with zero attached hydrogens (tertiary/aromatic N) is 4. The smallest absolute Gasteiger partial charge is 0.410 e. The number of aromatic nitrogens is 2. The highest BCUT2D eigenvalue weighted by Crippen LogP contribution is 2.21. The molecular formula is C15H23ClN4O2. The van der Waals surface area contributed by atoms with Gasteiger partial charge in [0, 0.05) is 19.6 Å². The summed E-state index contributed by atoms with van der Waals surface area (Å²) in [6.07, 6.45) is 3.81. The van der Waals surface area contributed by atoms with Gasteiger partial charge in [-0.1, -0.05) is 18.5 Å². The van der Waals surface area contributed by atoms with Crippen molar-refractivity contribution in [3.63, 3.8) is 0 Å². The van der Waals surface area contributed by atoms with Gasteiger partial charge < -0.3 is 14.5 Å². The van der Waals surface area contributed by atoms with E-state index in [1.807, 2.05) is 20.8 Å². The van der Waals surface area contributed by atoms with Crippen molar-refractivity contribution in [3.05, 3.63) is 17.5 Å². The Morgan fingerprint density at radius 3 is 2.73 bits per heavy atom. The van der Waals surface area contributed by atoms with Crippen molar-refractivity contribution >= 4 is 23.5 Å². The molecule has 0 aromatic carbocycles. The summed E-state index contributed by atoms with van der Waals surface area (Å²) in [6.45, 7) is 9.68. The summed E-state index contributed by atoms with van der Waals surface area (Å²) in [5.41, 5.74) is -0.481. The Morgan fingerprint density at radius 1 is 1.41 bits per heavy atom. The van der Waals surface area contributed by atoms with Crippen LogP contribution >= 0.6 is 11.6 Å². The van der Waals surface area contributed by atoms with Crippen LogP contribution in [0, 0.1) is 0 Å². The fourth-order valence-corrected chi connectivity index (χ4v) is 2.60. The first kappa shape index (κ1) is 16.8. The zero-order chi connectivity index (χ0) is 16.3. The molecule has 1 atom stereocenters. The van der Waals surface area contributed by atoms with Crippen LogP contribution in [0.1, 0.15) is 34.1 Å². The second-order valence-corrected chi connectivity index (χ2v) is 6.77. The topological polar surface area (TPSA) is 58.6 Å². The lowest BCUT2D eigenvalue weighted by atomic mass is 10.1. The number of piperazine rings is 1. The molecular weight excluding hydrogens is 304 g/mol. The molecule has 2 rings (SSSR count). The number of amides is 1. The van der Waals surface area contributed by atoms with Gasteiger partial charge in [0.25, 0.3) is 0 Å². The molecule has 7 heteroatoms. The molecule has 0 radical (unpaired) electrons. The van der Waals surface area contributed by atoms with E-state index in [1.54, 1.807) is 11.1 Å². The largest absolute Gasteiger partial charge is 0.444 e.